The lowest BCUT2D eigenvalue weighted by molar-refractivity contribution is -0.141. The molecule has 0 saturated carbocycles. The molecule has 0 aromatic heterocycles. The van der Waals surface area contributed by atoms with Gasteiger partial charge in [0, 0.05) is 13.5 Å². The van der Waals surface area contributed by atoms with E-state index in [0.717, 1.165) is 15.9 Å². The quantitative estimate of drug-likeness (QED) is 0.749. The summed E-state index contributed by atoms with van der Waals surface area (Å²) in [6, 6.07) is 0. The highest BCUT2D eigenvalue weighted by Crippen LogP contribution is 2.39. The maximum Gasteiger partial charge on any atom is 0.267 e. The molecular weight excluding hydrogens is 258 g/mol. The Morgan fingerprint density at radius 1 is 1.53 bits per heavy atom. The van der Waals surface area contributed by atoms with Gasteiger partial charge in [0.25, 0.3) is 5.92 Å². The molecule has 0 aromatic rings. The standard InChI is InChI=1S/C12H18F2N2O3/c1-4-9(18)15(3)5-10(19)16-7-12(13,14)6-11(16,2)8-17/h4,17H,1,5-8H2,2-3H3. The predicted molar refractivity (Wildman–Crippen MR) is 64.6 cm³/mol. The first-order valence-corrected chi connectivity index (χ1v) is 5.82. The molecule has 1 heterocycles. The predicted octanol–water partition coefficient (Wildman–Crippen LogP) is 0.249. The average Bonchev–Trinajstić information content (AvgIpc) is 2.59. The maximum atomic E-state index is 13.4. The van der Waals surface area contributed by atoms with Crippen molar-refractivity contribution in [2.75, 3.05) is 26.7 Å². The summed E-state index contributed by atoms with van der Waals surface area (Å²) in [5.74, 6) is -4.11. The van der Waals surface area contributed by atoms with Gasteiger partial charge in [-0.2, -0.15) is 0 Å². The Hall–Kier alpha value is -1.50. The molecule has 0 aromatic carbocycles. The van der Waals surface area contributed by atoms with Gasteiger partial charge < -0.3 is 14.9 Å². The van der Waals surface area contributed by atoms with Crippen LogP contribution in [0.3, 0.4) is 0 Å². The van der Waals surface area contributed by atoms with Gasteiger partial charge in [0.1, 0.15) is 0 Å². The van der Waals surface area contributed by atoms with Crippen LogP contribution in [0.5, 0.6) is 0 Å². The monoisotopic (exact) mass is 276 g/mol. The fourth-order valence-corrected chi connectivity index (χ4v) is 2.18. The number of nitrogens with zero attached hydrogens (tertiary/aromatic N) is 2. The maximum absolute atomic E-state index is 13.4. The highest BCUT2D eigenvalue weighted by Gasteiger charge is 2.53. The third kappa shape index (κ3) is 3.28. The van der Waals surface area contributed by atoms with E-state index in [1.807, 2.05) is 0 Å². The van der Waals surface area contributed by atoms with Crippen molar-refractivity contribution in [2.45, 2.75) is 24.8 Å². The van der Waals surface area contributed by atoms with Crippen LogP contribution in [0.4, 0.5) is 8.78 Å². The van der Waals surface area contributed by atoms with Crippen LogP contribution in [0.25, 0.3) is 0 Å². The molecule has 1 aliphatic rings. The number of alkyl halides is 2. The summed E-state index contributed by atoms with van der Waals surface area (Å²) in [6.45, 7) is 3.07. The number of hydrogen-bond donors (Lipinski definition) is 1. The lowest BCUT2D eigenvalue weighted by Crippen LogP contribution is -2.51. The van der Waals surface area contributed by atoms with Crippen LogP contribution in [-0.2, 0) is 9.59 Å². The molecule has 1 N–H and O–H groups in total. The number of carbonyl (C=O) groups excluding carboxylic acids is 2. The van der Waals surface area contributed by atoms with Crippen molar-refractivity contribution < 1.29 is 23.5 Å². The molecule has 1 rings (SSSR count). The van der Waals surface area contributed by atoms with Gasteiger partial charge >= 0.3 is 0 Å². The zero-order chi connectivity index (χ0) is 14.8. The summed E-state index contributed by atoms with van der Waals surface area (Å²) < 4.78 is 26.8. The molecule has 0 bridgehead atoms. The molecule has 5 nitrogen and oxygen atoms in total. The molecule has 1 fully saturated rings. The molecule has 2 amide bonds. The molecule has 1 saturated heterocycles. The highest BCUT2D eigenvalue weighted by atomic mass is 19.3. The Balaban J connectivity index is 2.81. The second-order valence-corrected chi connectivity index (χ2v) is 5.07. The first-order valence-electron chi connectivity index (χ1n) is 5.82. The Labute approximate surface area is 110 Å². The molecule has 1 aliphatic heterocycles. The average molecular weight is 276 g/mol. The second-order valence-electron chi connectivity index (χ2n) is 5.07. The molecule has 0 radical (unpaired) electrons. The topological polar surface area (TPSA) is 60.9 Å². The van der Waals surface area contributed by atoms with E-state index in [4.69, 9.17) is 0 Å². The molecule has 0 spiro atoms. The Morgan fingerprint density at radius 2 is 2.11 bits per heavy atom. The fourth-order valence-electron chi connectivity index (χ4n) is 2.18. The number of hydrogen-bond acceptors (Lipinski definition) is 3. The van der Waals surface area contributed by atoms with Crippen molar-refractivity contribution >= 4 is 11.8 Å². The van der Waals surface area contributed by atoms with E-state index in [2.05, 4.69) is 6.58 Å². The SMILES string of the molecule is C=CC(=O)N(C)CC(=O)N1CC(F)(F)CC1(C)CO. The van der Waals surface area contributed by atoms with E-state index >= 15 is 0 Å². The molecular formula is C12H18F2N2O3. The third-order valence-corrected chi connectivity index (χ3v) is 3.25. The zero-order valence-electron chi connectivity index (χ0n) is 11.0. The van der Waals surface area contributed by atoms with Gasteiger partial charge in [0.2, 0.25) is 11.8 Å². The second kappa shape index (κ2) is 5.24. The van der Waals surface area contributed by atoms with Crippen molar-refractivity contribution in [3.63, 3.8) is 0 Å². The molecule has 7 heteroatoms. The Bertz CT molecular complexity index is 400. The van der Waals surface area contributed by atoms with Crippen LogP contribution < -0.4 is 0 Å². The molecule has 1 atom stereocenters. The fraction of sp³-hybridized carbons (Fsp3) is 0.667. The van der Waals surface area contributed by atoms with Gasteiger partial charge in [-0.05, 0) is 13.0 Å². The molecule has 19 heavy (non-hydrogen) atoms. The van der Waals surface area contributed by atoms with Crippen molar-refractivity contribution in [1.82, 2.24) is 9.80 Å². The van der Waals surface area contributed by atoms with E-state index < -0.39 is 42.8 Å². The summed E-state index contributed by atoms with van der Waals surface area (Å²) >= 11 is 0. The molecule has 1 unspecified atom stereocenters. The minimum atomic E-state index is -3.02. The van der Waals surface area contributed by atoms with Crippen molar-refractivity contribution in [1.29, 1.82) is 0 Å². The lowest BCUT2D eigenvalue weighted by Gasteiger charge is -2.33. The van der Waals surface area contributed by atoms with Crippen molar-refractivity contribution in [3.05, 3.63) is 12.7 Å². The van der Waals surface area contributed by atoms with Crippen molar-refractivity contribution in [3.8, 4) is 0 Å². The van der Waals surface area contributed by atoms with E-state index in [-0.39, 0.29) is 6.54 Å². The van der Waals surface area contributed by atoms with Crippen LogP contribution in [0.15, 0.2) is 12.7 Å². The van der Waals surface area contributed by atoms with Crippen LogP contribution in [0.1, 0.15) is 13.3 Å². The number of likely N-dealkylation sites (N-methyl/N-ethyl adjacent to an activating group) is 1. The number of carbonyl (C=O) groups is 2. The number of aliphatic hydroxyl groups excluding tert-OH is 1. The highest BCUT2D eigenvalue weighted by molar-refractivity contribution is 5.91. The normalized spacial score (nSPS) is 25.2. The van der Waals surface area contributed by atoms with Gasteiger partial charge in [-0.1, -0.05) is 6.58 Å². The summed E-state index contributed by atoms with van der Waals surface area (Å²) in [4.78, 5) is 25.3. The van der Waals surface area contributed by atoms with Gasteiger partial charge in [0.15, 0.2) is 0 Å². The van der Waals surface area contributed by atoms with E-state index in [9.17, 15) is 23.5 Å². The third-order valence-electron chi connectivity index (χ3n) is 3.25. The van der Waals surface area contributed by atoms with E-state index in [0.29, 0.717) is 0 Å². The number of halogens is 2. The van der Waals surface area contributed by atoms with Crippen LogP contribution in [0, 0.1) is 0 Å². The number of rotatable bonds is 4. The smallest absolute Gasteiger partial charge is 0.267 e. The minimum absolute atomic E-state index is 0.323. The van der Waals surface area contributed by atoms with Crippen LogP contribution >= 0.6 is 0 Å². The lowest BCUT2D eigenvalue weighted by atomic mass is 9.99. The van der Waals surface area contributed by atoms with Gasteiger partial charge in [-0.15, -0.1) is 0 Å². The van der Waals surface area contributed by atoms with Crippen molar-refractivity contribution in [2.24, 2.45) is 0 Å². The Morgan fingerprint density at radius 3 is 2.58 bits per heavy atom. The molecule has 108 valence electrons. The van der Waals surface area contributed by atoms with Gasteiger partial charge in [-0.3, -0.25) is 9.59 Å². The van der Waals surface area contributed by atoms with E-state index in [1.54, 1.807) is 0 Å². The molecule has 0 aliphatic carbocycles. The zero-order valence-corrected chi connectivity index (χ0v) is 11.0. The van der Waals surface area contributed by atoms with Crippen LogP contribution in [-0.4, -0.2) is 64.9 Å². The van der Waals surface area contributed by atoms with E-state index in [1.165, 1.54) is 14.0 Å². The number of aliphatic hydroxyl groups is 1. The largest absolute Gasteiger partial charge is 0.394 e. The summed E-state index contributed by atoms with van der Waals surface area (Å²) in [7, 11) is 1.38. The number of likely N-dealkylation sites (tertiary alicyclic amines) is 1. The first kappa shape index (κ1) is 15.6. The van der Waals surface area contributed by atoms with Gasteiger partial charge in [-0.25, -0.2) is 8.78 Å². The Kier molecular flexibility index (Phi) is 4.29. The summed E-state index contributed by atoms with van der Waals surface area (Å²) in [5, 5.41) is 9.24. The number of amides is 2. The van der Waals surface area contributed by atoms with Gasteiger partial charge in [0.05, 0.1) is 25.2 Å². The first-order chi connectivity index (χ1) is 8.65. The minimum Gasteiger partial charge on any atom is -0.394 e. The summed E-state index contributed by atoms with van der Waals surface area (Å²) in [6.07, 6.45) is 0.457. The van der Waals surface area contributed by atoms with Crippen LogP contribution in [0.2, 0.25) is 0 Å². The summed E-state index contributed by atoms with van der Waals surface area (Å²) in [5.41, 5.74) is -1.29.